The number of hydrogen-bond donors (Lipinski definition) is 1. The SMILES string of the molecule is CCCOc1ccccc1C(=O)NCCCOC. The van der Waals surface area contributed by atoms with Crippen molar-refractivity contribution >= 4 is 5.91 Å². The van der Waals surface area contributed by atoms with E-state index in [0.717, 1.165) is 12.8 Å². The van der Waals surface area contributed by atoms with Crippen LogP contribution in [0.1, 0.15) is 30.1 Å². The predicted octanol–water partition coefficient (Wildman–Crippen LogP) is 2.24. The van der Waals surface area contributed by atoms with Crippen molar-refractivity contribution in [2.75, 3.05) is 26.9 Å². The quantitative estimate of drug-likeness (QED) is 0.721. The Hall–Kier alpha value is -1.55. The molecule has 4 heteroatoms. The summed E-state index contributed by atoms with van der Waals surface area (Å²) in [6.45, 7) is 3.91. The first-order valence-corrected chi connectivity index (χ1v) is 6.28. The number of hydrogen-bond acceptors (Lipinski definition) is 3. The first-order valence-electron chi connectivity index (χ1n) is 6.28. The van der Waals surface area contributed by atoms with Crippen molar-refractivity contribution in [1.29, 1.82) is 0 Å². The topological polar surface area (TPSA) is 47.6 Å². The third kappa shape index (κ3) is 4.75. The first kappa shape index (κ1) is 14.5. The molecule has 0 saturated heterocycles. The van der Waals surface area contributed by atoms with E-state index in [2.05, 4.69) is 5.32 Å². The molecule has 0 aliphatic carbocycles. The molecule has 0 unspecified atom stereocenters. The summed E-state index contributed by atoms with van der Waals surface area (Å²) in [5, 5.41) is 2.85. The minimum absolute atomic E-state index is 0.0993. The van der Waals surface area contributed by atoms with Crippen molar-refractivity contribution in [2.45, 2.75) is 19.8 Å². The van der Waals surface area contributed by atoms with Crippen LogP contribution in [0, 0.1) is 0 Å². The normalized spacial score (nSPS) is 10.1. The zero-order chi connectivity index (χ0) is 13.2. The second-order valence-electron chi connectivity index (χ2n) is 3.95. The van der Waals surface area contributed by atoms with Crippen LogP contribution < -0.4 is 10.1 Å². The Balaban J connectivity index is 2.55. The number of nitrogens with one attached hydrogen (secondary N) is 1. The van der Waals surface area contributed by atoms with E-state index in [9.17, 15) is 4.79 Å². The summed E-state index contributed by atoms with van der Waals surface area (Å²) in [7, 11) is 1.65. The fourth-order valence-corrected chi connectivity index (χ4v) is 1.51. The average Bonchev–Trinajstić information content (AvgIpc) is 2.41. The minimum Gasteiger partial charge on any atom is -0.493 e. The highest BCUT2D eigenvalue weighted by atomic mass is 16.5. The summed E-state index contributed by atoms with van der Waals surface area (Å²) >= 11 is 0. The van der Waals surface area contributed by atoms with Gasteiger partial charge in [-0.1, -0.05) is 19.1 Å². The van der Waals surface area contributed by atoms with Gasteiger partial charge in [-0.05, 0) is 25.0 Å². The Morgan fingerprint density at radius 3 is 2.78 bits per heavy atom. The highest BCUT2D eigenvalue weighted by Gasteiger charge is 2.10. The van der Waals surface area contributed by atoms with Crippen molar-refractivity contribution in [3.8, 4) is 5.75 Å². The Bertz CT molecular complexity index is 366. The monoisotopic (exact) mass is 251 g/mol. The predicted molar refractivity (Wildman–Crippen MR) is 71.1 cm³/mol. The van der Waals surface area contributed by atoms with Crippen LogP contribution in [0.15, 0.2) is 24.3 Å². The first-order chi connectivity index (χ1) is 8.79. The van der Waals surface area contributed by atoms with Crippen LogP contribution in [-0.2, 0) is 4.74 Å². The van der Waals surface area contributed by atoms with Gasteiger partial charge in [-0.25, -0.2) is 0 Å². The van der Waals surface area contributed by atoms with Crippen LogP contribution in [0.5, 0.6) is 5.75 Å². The van der Waals surface area contributed by atoms with E-state index in [1.54, 1.807) is 13.2 Å². The Morgan fingerprint density at radius 2 is 2.06 bits per heavy atom. The molecule has 1 rings (SSSR count). The molecular weight excluding hydrogens is 230 g/mol. The Labute approximate surface area is 108 Å². The van der Waals surface area contributed by atoms with Crippen molar-refractivity contribution in [3.63, 3.8) is 0 Å². The Kier molecular flexibility index (Phi) is 6.87. The standard InChI is InChI=1S/C14H21NO3/c1-3-10-18-13-8-5-4-7-12(13)14(16)15-9-6-11-17-2/h4-5,7-8H,3,6,9-11H2,1-2H3,(H,15,16). The highest BCUT2D eigenvalue weighted by Crippen LogP contribution is 2.17. The highest BCUT2D eigenvalue weighted by molar-refractivity contribution is 5.96. The second-order valence-corrected chi connectivity index (χ2v) is 3.95. The summed E-state index contributed by atoms with van der Waals surface area (Å²) in [6, 6.07) is 7.30. The summed E-state index contributed by atoms with van der Waals surface area (Å²) < 4.78 is 10.5. The van der Waals surface area contributed by atoms with Gasteiger partial charge in [-0.15, -0.1) is 0 Å². The van der Waals surface area contributed by atoms with Gasteiger partial charge in [-0.2, -0.15) is 0 Å². The van der Waals surface area contributed by atoms with E-state index in [1.807, 2.05) is 25.1 Å². The van der Waals surface area contributed by atoms with Crippen LogP contribution >= 0.6 is 0 Å². The molecule has 0 atom stereocenters. The second kappa shape index (κ2) is 8.53. The van der Waals surface area contributed by atoms with Gasteiger partial charge in [0.25, 0.3) is 5.91 Å². The molecule has 0 fully saturated rings. The maximum Gasteiger partial charge on any atom is 0.255 e. The fraction of sp³-hybridized carbons (Fsp3) is 0.500. The van der Waals surface area contributed by atoms with Crippen molar-refractivity contribution in [3.05, 3.63) is 29.8 Å². The van der Waals surface area contributed by atoms with Gasteiger partial charge in [0.1, 0.15) is 5.75 Å². The molecule has 0 aliphatic heterocycles. The molecule has 1 aromatic carbocycles. The molecule has 0 aromatic heterocycles. The lowest BCUT2D eigenvalue weighted by Crippen LogP contribution is -2.25. The summed E-state index contributed by atoms with van der Waals surface area (Å²) in [5.41, 5.74) is 0.586. The largest absolute Gasteiger partial charge is 0.493 e. The molecular formula is C14H21NO3. The number of carbonyl (C=O) groups is 1. The number of rotatable bonds is 8. The molecule has 0 radical (unpaired) electrons. The number of ether oxygens (including phenoxy) is 2. The van der Waals surface area contributed by atoms with Crippen molar-refractivity contribution < 1.29 is 14.3 Å². The molecule has 4 nitrogen and oxygen atoms in total. The lowest BCUT2D eigenvalue weighted by atomic mass is 10.2. The number of amides is 1. The van der Waals surface area contributed by atoms with E-state index in [1.165, 1.54) is 0 Å². The Morgan fingerprint density at radius 1 is 1.28 bits per heavy atom. The van der Waals surface area contributed by atoms with Crippen molar-refractivity contribution in [2.24, 2.45) is 0 Å². The molecule has 0 bridgehead atoms. The van der Waals surface area contributed by atoms with E-state index in [-0.39, 0.29) is 5.91 Å². The van der Waals surface area contributed by atoms with Gasteiger partial charge >= 0.3 is 0 Å². The zero-order valence-electron chi connectivity index (χ0n) is 11.1. The van der Waals surface area contributed by atoms with E-state index < -0.39 is 0 Å². The zero-order valence-corrected chi connectivity index (χ0v) is 11.1. The molecule has 18 heavy (non-hydrogen) atoms. The van der Waals surface area contributed by atoms with E-state index in [4.69, 9.17) is 9.47 Å². The minimum atomic E-state index is -0.0993. The van der Waals surface area contributed by atoms with Gasteiger partial charge in [0.05, 0.1) is 12.2 Å². The van der Waals surface area contributed by atoms with Gasteiger partial charge < -0.3 is 14.8 Å². The third-order valence-electron chi connectivity index (χ3n) is 2.40. The van der Waals surface area contributed by atoms with Crippen LogP contribution in [0.25, 0.3) is 0 Å². The van der Waals surface area contributed by atoms with Gasteiger partial charge in [-0.3, -0.25) is 4.79 Å². The van der Waals surface area contributed by atoms with Crippen LogP contribution in [0.3, 0.4) is 0 Å². The maximum atomic E-state index is 12.0. The van der Waals surface area contributed by atoms with Gasteiger partial charge in [0.15, 0.2) is 0 Å². The molecule has 0 saturated carbocycles. The lowest BCUT2D eigenvalue weighted by Gasteiger charge is -2.10. The molecule has 1 N–H and O–H groups in total. The smallest absolute Gasteiger partial charge is 0.255 e. The van der Waals surface area contributed by atoms with E-state index in [0.29, 0.717) is 31.1 Å². The molecule has 0 spiro atoms. The van der Waals surface area contributed by atoms with Crippen LogP contribution in [0.2, 0.25) is 0 Å². The lowest BCUT2D eigenvalue weighted by molar-refractivity contribution is 0.0944. The molecule has 0 aliphatic rings. The van der Waals surface area contributed by atoms with Crippen LogP contribution in [0.4, 0.5) is 0 Å². The van der Waals surface area contributed by atoms with Gasteiger partial charge in [0.2, 0.25) is 0 Å². The van der Waals surface area contributed by atoms with Crippen LogP contribution in [-0.4, -0.2) is 32.8 Å². The fourth-order valence-electron chi connectivity index (χ4n) is 1.51. The molecule has 1 aromatic rings. The van der Waals surface area contributed by atoms with Gasteiger partial charge in [0, 0.05) is 20.3 Å². The summed E-state index contributed by atoms with van der Waals surface area (Å²) in [6.07, 6.45) is 1.73. The number of para-hydroxylation sites is 1. The number of methoxy groups -OCH3 is 1. The van der Waals surface area contributed by atoms with E-state index >= 15 is 0 Å². The average molecular weight is 251 g/mol. The molecule has 0 heterocycles. The molecule has 1 amide bonds. The third-order valence-corrected chi connectivity index (χ3v) is 2.40. The summed E-state index contributed by atoms with van der Waals surface area (Å²) in [4.78, 5) is 12.0. The molecule has 100 valence electrons. The summed E-state index contributed by atoms with van der Waals surface area (Å²) in [5.74, 6) is 0.543. The maximum absolute atomic E-state index is 12.0. The number of carbonyl (C=O) groups excluding carboxylic acids is 1. The van der Waals surface area contributed by atoms with Crippen molar-refractivity contribution in [1.82, 2.24) is 5.32 Å². The number of benzene rings is 1.